The number of hydrogen-bond acceptors (Lipinski definition) is 0. The summed E-state index contributed by atoms with van der Waals surface area (Å²) in [4.78, 5) is -2.21. The number of rotatable bonds is 2. The molecule has 0 amide bonds. The highest BCUT2D eigenvalue weighted by atomic mass is 79.9. The molecule has 0 nitrogen and oxygen atoms in total. The van der Waals surface area contributed by atoms with Crippen molar-refractivity contribution in [2.75, 3.05) is 11.1 Å². The van der Waals surface area contributed by atoms with Crippen LogP contribution in [0.2, 0.25) is 0 Å². The zero-order valence-electron chi connectivity index (χ0n) is 7.63. The Balaban J connectivity index is 4.75. The maximum Gasteiger partial charge on any atom is 0.0447 e. The van der Waals surface area contributed by atoms with E-state index >= 15 is 0 Å². The molecule has 0 saturated heterocycles. The first-order valence-electron chi connectivity index (χ1n) is 3.57. The van der Waals surface area contributed by atoms with Crippen LogP contribution in [-0.4, -0.2) is 15.9 Å². The van der Waals surface area contributed by atoms with E-state index in [-0.39, 0.29) is 0 Å². The molecule has 0 aromatic heterocycles. The SMILES string of the molecule is [2H]C([2H])(Cl)C([2H])(Br)C([2H])([2H])Br. The number of alkyl halides is 3. The minimum Gasteiger partial charge on any atom is -0.125 e. The molecule has 1 unspecified atom stereocenters. The second-order valence-corrected chi connectivity index (χ2v) is 1.88. The molecule has 0 spiro atoms. The van der Waals surface area contributed by atoms with E-state index in [2.05, 4.69) is 31.9 Å². The van der Waals surface area contributed by atoms with Gasteiger partial charge in [0.15, 0.2) is 0 Å². The molecule has 0 radical (unpaired) electrons. The third-order valence-corrected chi connectivity index (χ3v) is 1.91. The summed E-state index contributed by atoms with van der Waals surface area (Å²) >= 11 is 10.2. The summed E-state index contributed by atoms with van der Waals surface area (Å²) in [6.45, 7) is 0. The van der Waals surface area contributed by atoms with E-state index in [1.54, 1.807) is 0 Å². The van der Waals surface area contributed by atoms with Gasteiger partial charge in [-0.05, 0) is 0 Å². The van der Waals surface area contributed by atoms with Crippen molar-refractivity contribution in [3.05, 3.63) is 0 Å². The molecule has 1 atom stereocenters. The standard InChI is InChI=1S/C3H5Br2Cl/c4-1-3(5)2-6/h3H,1-2H2/i1D2,2D2,3D. The molecule has 0 bridgehead atoms. The van der Waals surface area contributed by atoms with Gasteiger partial charge in [0, 0.05) is 22.8 Å². The van der Waals surface area contributed by atoms with Gasteiger partial charge in [0.1, 0.15) is 0 Å². The Hall–Kier alpha value is 1.25. The van der Waals surface area contributed by atoms with Crippen LogP contribution >= 0.6 is 43.5 Å². The highest BCUT2D eigenvalue weighted by molar-refractivity contribution is 9.12. The van der Waals surface area contributed by atoms with Gasteiger partial charge in [-0.1, -0.05) is 31.9 Å². The molecule has 0 N–H and O–H groups in total. The third kappa shape index (κ3) is 3.44. The van der Waals surface area contributed by atoms with Gasteiger partial charge >= 0.3 is 0 Å². The van der Waals surface area contributed by atoms with E-state index in [0.29, 0.717) is 0 Å². The molecule has 0 aliphatic rings. The lowest BCUT2D eigenvalue weighted by Gasteiger charge is -1.93. The van der Waals surface area contributed by atoms with Crippen LogP contribution in [0.1, 0.15) is 6.85 Å². The fourth-order valence-corrected chi connectivity index (χ4v) is 0.278. The van der Waals surface area contributed by atoms with Crippen molar-refractivity contribution in [3.63, 3.8) is 0 Å². The fourth-order valence-electron chi connectivity index (χ4n) is 0.0179. The van der Waals surface area contributed by atoms with Crippen LogP contribution in [0.4, 0.5) is 0 Å². The average Bonchev–Trinajstić information content (AvgIpc) is 1.58. The molecular weight excluding hydrogens is 231 g/mol. The van der Waals surface area contributed by atoms with Crippen molar-refractivity contribution < 1.29 is 6.85 Å². The zero-order valence-corrected chi connectivity index (χ0v) is 6.56. The first-order chi connectivity index (χ1) is 4.50. The highest BCUT2D eigenvalue weighted by Gasteiger charge is 1.94. The van der Waals surface area contributed by atoms with Gasteiger partial charge < -0.3 is 0 Å². The van der Waals surface area contributed by atoms with Gasteiger partial charge in [-0.25, -0.2) is 0 Å². The molecule has 0 aliphatic carbocycles. The molecule has 6 heavy (non-hydrogen) atoms. The molecule has 0 saturated carbocycles. The van der Waals surface area contributed by atoms with E-state index in [0.717, 1.165) is 0 Å². The lowest BCUT2D eigenvalue weighted by Crippen LogP contribution is -1.98. The second kappa shape index (κ2) is 4.41. The Bertz CT molecular complexity index is 131. The molecule has 0 aliphatic heterocycles. The van der Waals surface area contributed by atoms with E-state index in [1.807, 2.05) is 0 Å². The first kappa shape index (κ1) is 2.24. The average molecular weight is 241 g/mol. The molecule has 0 fully saturated rings. The fraction of sp³-hybridized carbons (Fsp3) is 1.00. The maximum atomic E-state index is 7.22. The molecule has 0 aromatic rings. The summed E-state index contributed by atoms with van der Waals surface area (Å²) in [7, 11) is 0. The summed E-state index contributed by atoms with van der Waals surface area (Å²) < 4.78 is 35.1. The molecular formula is C3H5Br2Cl. The summed E-state index contributed by atoms with van der Waals surface area (Å²) in [6.07, 6.45) is 0. The first-order valence-corrected chi connectivity index (χ1v) is 3.03. The molecule has 3 heteroatoms. The Morgan fingerprint density at radius 2 is 2.67 bits per heavy atom. The lowest BCUT2D eigenvalue weighted by molar-refractivity contribution is 1.18. The van der Waals surface area contributed by atoms with Crippen LogP contribution < -0.4 is 0 Å². The van der Waals surface area contributed by atoms with Crippen molar-refractivity contribution in [3.8, 4) is 0 Å². The second-order valence-electron chi connectivity index (χ2n) is 0.503. The number of hydrogen-bond donors (Lipinski definition) is 0. The predicted molar refractivity (Wildman–Crippen MR) is 37.2 cm³/mol. The van der Waals surface area contributed by atoms with Crippen LogP contribution in [0.3, 0.4) is 0 Å². The van der Waals surface area contributed by atoms with Gasteiger partial charge in [0.05, 0.1) is 0 Å². The van der Waals surface area contributed by atoms with Crippen molar-refractivity contribution >= 4 is 43.5 Å². The van der Waals surface area contributed by atoms with Gasteiger partial charge in [0.25, 0.3) is 0 Å². The van der Waals surface area contributed by atoms with Gasteiger partial charge in [-0.3, -0.25) is 0 Å². The van der Waals surface area contributed by atoms with Crippen LogP contribution in [0.5, 0.6) is 0 Å². The topological polar surface area (TPSA) is 0 Å². The molecule has 0 heterocycles. The van der Waals surface area contributed by atoms with Crippen LogP contribution in [0.15, 0.2) is 0 Å². The van der Waals surface area contributed by atoms with E-state index in [1.165, 1.54) is 0 Å². The van der Waals surface area contributed by atoms with Crippen molar-refractivity contribution in [1.82, 2.24) is 0 Å². The van der Waals surface area contributed by atoms with Crippen molar-refractivity contribution in [2.45, 2.75) is 4.80 Å². The van der Waals surface area contributed by atoms with Crippen LogP contribution in [-0.2, 0) is 0 Å². The normalized spacial score (nSPS) is 36.8. The molecule has 0 rings (SSSR count). The van der Waals surface area contributed by atoms with Gasteiger partial charge in [-0.15, -0.1) is 11.6 Å². The molecule has 38 valence electrons. The highest BCUT2D eigenvalue weighted by Crippen LogP contribution is 2.03. The van der Waals surface area contributed by atoms with Crippen molar-refractivity contribution in [2.24, 2.45) is 0 Å². The van der Waals surface area contributed by atoms with E-state index in [9.17, 15) is 0 Å². The van der Waals surface area contributed by atoms with Gasteiger partial charge in [0.2, 0.25) is 0 Å². The smallest absolute Gasteiger partial charge is 0.0447 e. The monoisotopic (exact) mass is 239 g/mol. The third-order valence-electron chi connectivity index (χ3n) is 0.166. The van der Waals surface area contributed by atoms with Gasteiger partial charge in [-0.2, -0.15) is 0 Å². The van der Waals surface area contributed by atoms with Crippen LogP contribution in [0.25, 0.3) is 0 Å². The Morgan fingerprint density at radius 1 is 2.17 bits per heavy atom. The van der Waals surface area contributed by atoms with E-state index in [4.69, 9.17) is 18.5 Å². The quantitative estimate of drug-likeness (QED) is 0.651. The minimum atomic E-state index is -2.49. The zero-order chi connectivity index (χ0) is 9.50. The Morgan fingerprint density at radius 3 is 2.67 bits per heavy atom. The van der Waals surface area contributed by atoms with Crippen LogP contribution in [0, 0.1) is 0 Å². The van der Waals surface area contributed by atoms with E-state index < -0.39 is 15.9 Å². The summed E-state index contributed by atoms with van der Waals surface area (Å²) in [6, 6.07) is 0. The Labute approximate surface area is 66.5 Å². The Kier molecular flexibility index (Phi) is 1.64. The minimum absolute atomic E-state index is 2.21. The summed E-state index contributed by atoms with van der Waals surface area (Å²) in [5, 5.41) is -2.23. The predicted octanol–water partition coefficient (Wildman–Crippen LogP) is 2.38. The summed E-state index contributed by atoms with van der Waals surface area (Å²) in [5.74, 6) is -2.49. The largest absolute Gasteiger partial charge is 0.125 e. The van der Waals surface area contributed by atoms with Crippen molar-refractivity contribution in [1.29, 1.82) is 0 Å². The number of halogens is 3. The molecule has 0 aromatic carbocycles. The summed E-state index contributed by atoms with van der Waals surface area (Å²) in [5.41, 5.74) is 0. The lowest BCUT2D eigenvalue weighted by atomic mass is 10.6. The maximum absolute atomic E-state index is 7.22.